The molecule has 90 valence electrons. The largest absolute Gasteiger partial charge is 0.493 e. The summed E-state index contributed by atoms with van der Waals surface area (Å²) >= 11 is 0. The third-order valence-corrected chi connectivity index (χ3v) is 2.04. The average molecular weight is 233 g/mol. The Morgan fingerprint density at radius 3 is 2.62 bits per heavy atom. The van der Waals surface area contributed by atoms with E-state index in [1.165, 1.54) is 0 Å². The van der Waals surface area contributed by atoms with Gasteiger partial charge in [0.2, 0.25) is 0 Å². The van der Waals surface area contributed by atoms with E-state index in [4.69, 9.17) is 10.5 Å². The lowest BCUT2D eigenvalue weighted by Crippen LogP contribution is -2.13. The van der Waals surface area contributed by atoms with E-state index in [1.54, 1.807) is 31.2 Å². The maximum absolute atomic E-state index is 11.9. The zero-order chi connectivity index (χ0) is 12.2. The van der Waals surface area contributed by atoms with Crippen molar-refractivity contribution in [3.8, 4) is 5.75 Å². The van der Waals surface area contributed by atoms with Gasteiger partial charge >= 0.3 is 6.18 Å². The van der Waals surface area contributed by atoms with Crippen LogP contribution in [0.5, 0.6) is 5.75 Å². The lowest BCUT2D eigenvalue weighted by molar-refractivity contribution is -0.139. The van der Waals surface area contributed by atoms with Crippen molar-refractivity contribution in [3.05, 3.63) is 29.8 Å². The van der Waals surface area contributed by atoms with E-state index in [1.807, 2.05) is 0 Å². The molecule has 0 aliphatic rings. The van der Waals surface area contributed by atoms with E-state index in [9.17, 15) is 13.2 Å². The van der Waals surface area contributed by atoms with Crippen LogP contribution in [0.2, 0.25) is 0 Å². The molecule has 1 atom stereocenters. The Hall–Kier alpha value is -1.23. The Kier molecular flexibility index (Phi) is 4.18. The Labute approximate surface area is 92.2 Å². The molecule has 1 aromatic carbocycles. The Morgan fingerprint density at radius 1 is 1.38 bits per heavy atom. The van der Waals surface area contributed by atoms with Crippen molar-refractivity contribution in [1.29, 1.82) is 0 Å². The summed E-state index contributed by atoms with van der Waals surface area (Å²) in [6.07, 6.45) is -5.13. The molecule has 0 unspecified atom stereocenters. The van der Waals surface area contributed by atoms with Gasteiger partial charge in [0.05, 0.1) is 13.0 Å². The first kappa shape index (κ1) is 12.8. The first-order valence-electron chi connectivity index (χ1n) is 4.93. The summed E-state index contributed by atoms with van der Waals surface area (Å²) in [4.78, 5) is 0. The summed E-state index contributed by atoms with van der Waals surface area (Å²) in [6, 6.07) is 6.62. The highest BCUT2D eigenvalue weighted by molar-refractivity contribution is 5.30. The molecule has 2 nitrogen and oxygen atoms in total. The predicted molar refractivity (Wildman–Crippen MR) is 55.2 cm³/mol. The van der Waals surface area contributed by atoms with Crippen LogP contribution in [0.4, 0.5) is 13.2 Å². The highest BCUT2D eigenvalue weighted by Crippen LogP contribution is 2.21. The second-order valence-electron chi connectivity index (χ2n) is 3.57. The highest BCUT2D eigenvalue weighted by atomic mass is 19.4. The van der Waals surface area contributed by atoms with E-state index in [0.717, 1.165) is 5.56 Å². The highest BCUT2D eigenvalue weighted by Gasteiger charge is 2.26. The fraction of sp³-hybridized carbons (Fsp3) is 0.455. The number of halogens is 3. The lowest BCUT2D eigenvalue weighted by atomic mass is 10.1. The topological polar surface area (TPSA) is 35.2 Å². The van der Waals surface area contributed by atoms with Crippen molar-refractivity contribution in [1.82, 2.24) is 0 Å². The summed E-state index contributed by atoms with van der Waals surface area (Å²) in [5, 5.41) is 0. The summed E-state index contributed by atoms with van der Waals surface area (Å²) in [7, 11) is 0. The van der Waals surface area contributed by atoms with Gasteiger partial charge in [-0.15, -0.1) is 0 Å². The molecule has 0 radical (unpaired) electrons. The molecule has 0 saturated heterocycles. The van der Waals surface area contributed by atoms with E-state index >= 15 is 0 Å². The Bertz CT molecular complexity index is 336. The molecule has 1 aromatic rings. The van der Waals surface area contributed by atoms with Crippen molar-refractivity contribution in [2.24, 2.45) is 5.73 Å². The van der Waals surface area contributed by atoms with Gasteiger partial charge in [0.1, 0.15) is 5.75 Å². The third-order valence-electron chi connectivity index (χ3n) is 2.04. The minimum atomic E-state index is -4.18. The van der Waals surface area contributed by atoms with Gasteiger partial charge in [-0.1, -0.05) is 12.1 Å². The standard InChI is InChI=1S/C11H14F3NO/c1-8(15)9-3-2-4-10(7-9)16-6-5-11(12,13)14/h2-4,7-8H,5-6,15H2,1H3/t8-/m0/s1. The van der Waals surface area contributed by atoms with Gasteiger partial charge in [0, 0.05) is 6.04 Å². The normalized spacial score (nSPS) is 13.6. The van der Waals surface area contributed by atoms with Crippen LogP contribution in [0.3, 0.4) is 0 Å². The van der Waals surface area contributed by atoms with Gasteiger partial charge in [0.25, 0.3) is 0 Å². The third kappa shape index (κ3) is 4.53. The molecule has 16 heavy (non-hydrogen) atoms. The van der Waals surface area contributed by atoms with Crippen LogP contribution < -0.4 is 10.5 Å². The second kappa shape index (κ2) is 5.21. The SMILES string of the molecule is C[C@H](N)c1cccc(OCCC(F)(F)F)c1. The van der Waals surface area contributed by atoms with E-state index < -0.39 is 12.6 Å². The van der Waals surface area contributed by atoms with E-state index in [0.29, 0.717) is 5.75 Å². The van der Waals surface area contributed by atoms with Gasteiger partial charge in [-0.2, -0.15) is 13.2 Å². The smallest absolute Gasteiger partial charge is 0.392 e. The summed E-state index contributed by atoms with van der Waals surface area (Å²) < 4.78 is 40.6. The van der Waals surface area contributed by atoms with Crippen molar-refractivity contribution >= 4 is 0 Å². The molecule has 0 bridgehead atoms. The Morgan fingerprint density at radius 2 is 2.06 bits per heavy atom. The van der Waals surface area contributed by atoms with Crippen LogP contribution in [0, 0.1) is 0 Å². The number of benzene rings is 1. The second-order valence-corrected chi connectivity index (χ2v) is 3.57. The van der Waals surface area contributed by atoms with Crippen molar-refractivity contribution in [3.63, 3.8) is 0 Å². The van der Waals surface area contributed by atoms with Crippen LogP contribution in [0.25, 0.3) is 0 Å². The predicted octanol–water partition coefficient (Wildman–Crippen LogP) is 3.04. The fourth-order valence-electron chi connectivity index (χ4n) is 1.17. The molecular weight excluding hydrogens is 219 g/mol. The first-order valence-corrected chi connectivity index (χ1v) is 4.93. The average Bonchev–Trinajstić information content (AvgIpc) is 2.16. The van der Waals surface area contributed by atoms with Crippen LogP contribution in [-0.4, -0.2) is 12.8 Å². The van der Waals surface area contributed by atoms with Crippen LogP contribution in [0.15, 0.2) is 24.3 Å². The molecule has 0 aromatic heterocycles. The van der Waals surface area contributed by atoms with Crippen molar-refractivity contribution in [2.75, 3.05) is 6.61 Å². The number of hydrogen-bond donors (Lipinski definition) is 1. The summed E-state index contributed by atoms with van der Waals surface area (Å²) in [5.41, 5.74) is 6.48. The molecule has 2 N–H and O–H groups in total. The van der Waals surface area contributed by atoms with Gasteiger partial charge < -0.3 is 10.5 Å². The van der Waals surface area contributed by atoms with Crippen LogP contribution in [-0.2, 0) is 0 Å². The molecule has 0 heterocycles. The molecular formula is C11H14F3NO. The molecule has 1 rings (SSSR count). The van der Waals surface area contributed by atoms with E-state index in [2.05, 4.69) is 0 Å². The molecule has 0 amide bonds. The number of nitrogens with two attached hydrogens (primary N) is 1. The molecule has 5 heteroatoms. The van der Waals surface area contributed by atoms with Crippen LogP contribution in [0.1, 0.15) is 24.9 Å². The van der Waals surface area contributed by atoms with Gasteiger partial charge in [-0.25, -0.2) is 0 Å². The van der Waals surface area contributed by atoms with Crippen molar-refractivity contribution < 1.29 is 17.9 Å². The number of rotatable bonds is 4. The Balaban J connectivity index is 2.51. The summed E-state index contributed by atoms with van der Waals surface area (Å²) in [6.45, 7) is 1.43. The van der Waals surface area contributed by atoms with Crippen molar-refractivity contribution in [2.45, 2.75) is 25.6 Å². The monoisotopic (exact) mass is 233 g/mol. The fourth-order valence-corrected chi connectivity index (χ4v) is 1.17. The molecule has 0 saturated carbocycles. The van der Waals surface area contributed by atoms with Crippen LogP contribution >= 0.6 is 0 Å². The van der Waals surface area contributed by atoms with Gasteiger partial charge in [-0.05, 0) is 24.6 Å². The summed E-state index contributed by atoms with van der Waals surface area (Å²) in [5.74, 6) is 0.416. The molecule has 0 fully saturated rings. The minimum absolute atomic E-state index is 0.161. The maximum atomic E-state index is 11.9. The minimum Gasteiger partial charge on any atom is -0.493 e. The number of alkyl halides is 3. The van der Waals surface area contributed by atoms with Gasteiger partial charge in [0.15, 0.2) is 0 Å². The number of hydrogen-bond acceptors (Lipinski definition) is 2. The molecule has 0 aliphatic carbocycles. The zero-order valence-corrected chi connectivity index (χ0v) is 8.92. The first-order chi connectivity index (χ1) is 7.38. The molecule has 0 aliphatic heterocycles. The van der Waals surface area contributed by atoms with Gasteiger partial charge in [-0.3, -0.25) is 0 Å². The lowest BCUT2D eigenvalue weighted by Gasteiger charge is -2.11. The van der Waals surface area contributed by atoms with E-state index in [-0.39, 0.29) is 12.6 Å². The molecule has 0 spiro atoms. The number of ether oxygens (including phenoxy) is 1. The maximum Gasteiger partial charge on any atom is 0.392 e. The quantitative estimate of drug-likeness (QED) is 0.867. The zero-order valence-electron chi connectivity index (χ0n) is 8.92.